The Bertz CT molecular complexity index is 1850. The lowest BCUT2D eigenvalue weighted by molar-refractivity contribution is -0.135. The van der Waals surface area contributed by atoms with E-state index in [9.17, 15) is 30.0 Å². The summed E-state index contributed by atoms with van der Waals surface area (Å²) in [5.41, 5.74) is 0.925. The van der Waals surface area contributed by atoms with E-state index in [0.717, 1.165) is 17.7 Å². The number of carbonyl (C=O) groups excluding carboxylic acids is 1. The van der Waals surface area contributed by atoms with E-state index in [1.807, 2.05) is 6.07 Å². The van der Waals surface area contributed by atoms with Gasteiger partial charge in [-0.05, 0) is 42.0 Å². The molecule has 3 aromatic carbocycles. The average Bonchev–Trinajstić information content (AvgIpc) is 2.95. The van der Waals surface area contributed by atoms with Gasteiger partial charge in [-0.3, -0.25) is 14.6 Å². The topological polar surface area (TPSA) is 160 Å². The second-order valence-corrected chi connectivity index (χ2v) is 9.28. The quantitative estimate of drug-likeness (QED) is 0.140. The highest BCUT2D eigenvalue weighted by Crippen LogP contribution is 2.47. The minimum Gasteiger partial charge on any atom is -0.507 e. The van der Waals surface area contributed by atoms with E-state index in [1.54, 1.807) is 42.7 Å². The van der Waals surface area contributed by atoms with Crippen LogP contribution in [0.2, 0.25) is 0 Å². The standard InChI is InChI=1S/C30H21NO9/c32-20-7-6-17(10-21(20)33)29-28(37)27(36)26-22(34)12-23-25(30(26)40-29)19(11-24(35)39-23)16-4-1-5-18(9-16)38-14-15-3-2-8-31-13-15/h1-10,12-13,19,32-34,37H,11,14H2/t19-/m1/s1. The molecular weight excluding hydrogens is 518 g/mol. The molecule has 1 aliphatic heterocycles. The second kappa shape index (κ2) is 9.66. The second-order valence-electron chi connectivity index (χ2n) is 9.28. The van der Waals surface area contributed by atoms with Crippen LogP contribution in [-0.2, 0) is 11.4 Å². The zero-order valence-corrected chi connectivity index (χ0v) is 20.7. The Balaban J connectivity index is 1.51. The molecule has 6 rings (SSSR count). The molecule has 3 heterocycles. The number of hydrogen-bond acceptors (Lipinski definition) is 10. The van der Waals surface area contributed by atoms with Gasteiger partial charge in [0.05, 0.1) is 6.42 Å². The Morgan fingerprint density at radius 1 is 0.925 bits per heavy atom. The molecule has 0 bridgehead atoms. The number of pyridine rings is 1. The fourth-order valence-corrected chi connectivity index (χ4v) is 4.80. The Hall–Kier alpha value is -5.51. The number of phenolic OH excluding ortho intramolecular Hbond substituents is 3. The number of nitrogens with zero attached hydrogens (tertiary/aromatic N) is 1. The summed E-state index contributed by atoms with van der Waals surface area (Å²) in [6.45, 7) is 0.272. The zero-order valence-electron chi connectivity index (χ0n) is 20.7. The molecule has 0 saturated heterocycles. The van der Waals surface area contributed by atoms with Crippen molar-refractivity contribution in [3.05, 3.63) is 100.0 Å². The van der Waals surface area contributed by atoms with Crippen molar-refractivity contribution >= 4 is 16.9 Å². The molecule has 4 N–H and O–H groups in total. The molecule has 10 heteroatoms. The van der Waals surface area contributed by atoms with Crippen LogP contribution in [-0.4, -0.2) is 31.4 Å². The third kappa shape index (κ3) is 4.31. The van der Waals surface area contributed by atoms with Crippen molar-refractivity contribution in [2.45, 2.75) is 18.9 Å². The summed E-state index contributed by atoms with van der Waals surface area (Å²) >= 11 is 0. The van der Waals surface area contributed by atoms with Crippen LogP contribution in [0.25, 0.3) is 22.3 Å². The third-order valence-corrected chi connectivity index (χ3v) is 6.69. The molecule has 0 fully saturated rings. The molecule has 0 amide bonds. The van der Waals surface area contributed by atoms with Gasteiger partial charge >= 0.3 is 5.97 Å². The Labute approximate surface area is 225 Å². The number of phenols is 3. The first kappa shape index (κ1) is 24.8. The molecular formula is C30H21NO9. The molecule has 0 saturated carbocycles. The largest absolute Gasteiger partial charge is 0.507 e. The van der Waals surface area contributed by atoms with Gasteiger partial charge in [0.15, 0.2) is 17.3 Å². The minimum absolute atomic E-state index is 0.00118. The van der Waals surface area contributed by atoms with Gasteiger partial charge in [0, 0.05) is 41.1 Å². The van der Waals surface area contributed by atoms with Crippen molar-refractivity contribution in [3.63, 3.8) is 0 Å². The van der Waals surface area contributed by atoms with Gasteiger partial charge in [0.2, 0.25) is 11.2 Å². The van der Waals surface area contributed by atoms with E-state index in [4.69, 9.17) is 13.9 Å². The highest BCUT2D eigenvalue weighted by Gasteiger charge is 2.34. The van der Waals surface area contributed by atoms with E-state index >= 15 is 0 Å². The van der Waals surface area contributed by atoms with Gasteiger partial charge in [-0.2, -0.15) is 0 Å². The Kier molecular flexibility index (Phi) is 5.99. The van der Waals surface area contributed by atoms with Crippen molar-refractivity contribution in [1.82, 2.24) is 4.98 Å². The van der Waals surface area contributed by atoms with Crippen LogP contribution in [0, 0.1) is 0 Å². The van der Waals surface area contributed by atoms with Gasteiger partial charge in [0.1, 0.15) is 34.8 Å². The van der Waals surface area contributed by atoms with Crippen molar-refractivity contribution in [1.29, 1.82) is 0 Å². The van der Waals surface area contributed by atoms with E-state index in [1.165, 1.54) is 12.1 Å². The molecule has 200 valence electrons. The molecule has 0 aliphatic carbocycles. The monoisotopic (exact) mass is 539 g/mol. The van der Waals surface area contributed by atoms with Crippen molar-refractivity contribution in [2.24, 2.45) is 0 Å². The van der Waals surface area contributed by atoms with E-state index in [0.29, 0.717) is 16.9 Å². The fraction of sp³-hybridized carbons (Fsp3) is 0.100. The van der Waals surface area contributed by atoms with Crippen LogP contribution in [0.3, 0.4) is 0 Å². The molecule has 10 nitrogen and oxygen atoms in total. The lowest BCUT2D eigenvalue weighted by Gasteiger charge is -2.26. The molecule has 0 spiro atoms. The van der Waals surface area contributed by atoms with E-state index in [-0.39, 0.29) is 41.1 Å². The molecule has 2 aromatic heterocycles. The number of ether oxygens (including phenoxy) is 2. The number of rotatable bonds is 5. The summed E-state index contributed by atoms with van der Waals surface area (Å²) in [4.78, 5) is 29.9. The predicted octanol–water partition coefficient (Wildman–Crippen LogP) is 4.70. The molecule has 0 unspecified atom stereocenters. The normalized spacial score (nSPS) is 14.5. The van der Waals surface area contributed by atoms with E-state index in [2.05, 4.69) is 4.98 Å². The van der Waals surface area contributed by atoms with Gasteiger partial charge in [-0.15, -0.1) is 0 Å². The van der Waals surface area contributed by atoms with Crippen molar-refractivity contribution < 1.29 is 39.1 Å². The molecule has 1 aliphatic rings. The Morgan fingerprint density at radius 3 is 2.55 bits per heavy atom. The highest BCUT2D eigenvalue weighted by molar-refractivity contribution is 5.94. The summed E-state index contributed by atoms with van der Waals surface area (Å²) in [7, 11) is 0. The number of aromatic hydroxyl groups is 4. The van der Waals surface area contributed by atoms with Crippen LogP contribution in [0.15, 0.2) is 82.3 Å². The number of fused-ring (bicyclic) bond motifs is 3. The van der Waals surface area contributed by atoms with Gasteiger partial charge in [-0.25, -0.2) is 0 Å². The zero-order chi connectivity index (χ0) is 28.0. The SMILES string of the molecule is O=C1C[C@H](c2cccc(OCc3cccnc3)c2)c2c(cc(O)c3c(=O)c(O)c(-c4ccc(O)c(O)c4)oc23)O1. The molecule has 40 heavy (non-hydrogen) atoms. The Morgan fingerprint density at radius 2 is 1.77 bits per heavy atom. The van der Waals surface area contributed by atoms with Crippen LogP contribution in [0.4, 0.5) is 0 Å². The number of benzene rings is 3. The van der Waals surface area contributed by atoms with Crippen LogP contribution >= 0.6 is 0 Å². The number of carbonyl (C=O) groups is 1. The smallest absolute Gasteiger partial charge is 0.312 e. The first-order chi connectivity index (χ1) is 19.3. The minimum atomic E-state index is -0.923. The summed E-state index contributed by atoms with van der Waals surface area (Å²) in [6, 6.07) is 15.6. The van der Waals surface area contributed by atoms with Gasteiger partial charge < -0.3 is 34.3 Å². The van der Waals surface area contributed by atoms with Gasteiger partial charge in [0.25, 0.3) is 0 Å². The lowest BCUT2D eigenvalue weighted by atomic mass is 9.85. The summed E-state index contributed by atoms with van der Waals surface area (Å²) < 4.78 is 17.4. The van der Waals surface area contributed by atoms with E-state index < -0.39 is 40.3 Å². The highest BCUT2D eigenvalue weighted by atomic mass is 16.5. The van der Waals surface area contributed by atoms with Crippen LogP contribution in [0.1, 0.15) is 29.0 Å². The summed E-state index contributed by atoms with van der Waals surface area (Å²) in [5, 5.41) is 40.7. The summed E-state index contributed by atoms with van der Waals surface area (Å²) in [5.74, 6) is -3.22. The fourth-order valence-electron chi connectivity index (χ4n) is 4.80. The predicted molar refractivity (Wildman–Crippen MR) is 142 cm³/mol. The first-order valence-electron chi connectivity index (χ1n) is 12.2. The van der Waals surface area contributed by atoms with Crippen LogP contribution in [0.5, 0.6) is 34.5 Å². The number of hydrogen-bond donors (Lipinski definition) is 4. The number of aromatic nitrogens is 1. The average molecular weight is 539 g/mol. The lowest BCUT2D eigenvalue weighted by Crippen LogP contribution is -2.22. The van der Waals surface area contributed by atoms with Crippen LogP contribution < -0.4 is 14.9 Å². The van der Waals surface area contributed by atoms with Gasteiger partial charge in [-0.1, -0.05) is 18.2 Å². The third-order valence-electron chi connectivity index (χ3n) is 6.69. The molecule has 5 aromatic rings. The molecule has 0 radical (unpaired) electrons. The van der Waals surface area contributed by atoms with Crippen molar-refractivity contribution in [3.8, 4) is 45.8 Å². The maximum atomic E-state index is 13.2. The molecule has 1 atom stereocenters. The maximum absolute atomic E-state index is 13.2. The summed E-state index contributed by atoms with van der Waals surface area (Å²) in [6.07, 6.45) is 3.26. The van der Waals surface area contributed by atoms with Crippen molar-refractivity contribution in [2.75, 3.05) is 0 Å². The number of esters is 1. The first-order valence-corrected chi connectivity index (χ1v) is 12.2. The maximum Gasteiger partial charge on any atom is 0.312 e.